The van der Waals surface area contributed by atoms with E-state index < -0.39 is 11.7 Å². The Morgan fingerprint density at radius 2 is 2.00 bits per heavy atom. The van der Waals surface area contributed by atoms with E-state index in [1.54, 1.807) is 4.90 Å². The fraction of sp³-hybridized carbons (Fsp3) is 0.333. The molecule has 2 aromatic carbocycles. The van der Waals surface area contributed by atoms with Gasteiger partial charge < -0.3 is 19.7 Å². The molecule has 1 N–H and O–H groups in total. The van der Waals surface area contributed by atoms with Crippen molar-refractivity contribution in [3.8, 4) is 11.5 Å². The number of halogens is 2. The van der Waals surface area contributed by atoms with Gasteiger partial charge in [-0.2, -0.15) is 0 Å². The van der Waals surface area contributed by atoms with Crippen LogP contribution >= 0.6 is 11.6 Å². The van der Waals surface area contributed by atoms with Crippen molar-refractivity contribution in [1.29, 1.82) is 0 Å². The second-order valence-corrected chi connectivity index (χ2v) is 6.89. The summed E-state index contributed by atoms with van der Waals surface area (Å²) in [5.41, 5.74) is 1.04. The molecule has 154 valence electrons. The van der Waals surface area contributed by atoms with E-state index in [0.29, 0.717) is 37.8 Å². The number of hydrogen-bond acceptors (Lipinski definition) is 4. The topological polar surface area (TPSA) is 67.9 Å². The number of hydrogen-bond donors (Lipinski definition) is 1. The van der Waals surface area contributed by atoms with Gasteiger partial charge in [-0.1, -0.05) is 23.7 Å². The van der Waals surface area contributed by atoms with E-state index >= 15 is 0 Å². The molecule has 29 heavy (non-hydrogen) atoms. The van der Waals surface area contributed by atoms with Gasteiger partial charge in [0, 0.05) is 31.6 Å². The summed E-state index contributed by atoms with van der Waals surface area (Å²) in [5.74, 6) is 0.281. The smallest absolute Gasteiger partial charge is 0.252 e. The number of nitrogens with zero attached hydrogens (tertiary/aromatic N) is 1. The van der Waals surface area contributed by atoms with E-state index in [2.05, 4.69) is 5.32 Å². The van der Waals surface area contributed by atoms with Crippen LogP contribution in [0.5, 0.6) is 11.5 Å². The molecule has 0 spiro atoms. The largest absolute Gasteiger partial charge is 0.486 e. The SMILES string of the molecule is CCN(Cc1cccc2c1OCCO2)C(=O)CCNC(=O)c1ccc(F)cc1Cl. The van der Waals surface area contributed by atoms with Gasteiger partial charge in [0.1, 0.15) is 19.0 Å². The Bertz CT molecular complexity index is 906. The molecule has 0 fully saturated rings. The number of ether oxygens (including phenoxy) is 2. The molecule has 1 aliphatic rings. The highest BCUT2D eigenvalue weighted by molar-refractivity contribution is 6.33. The lowest BCUT2D eigenvalue weighted by Gasteiger charge is -2.25. The highest BCUT2D eigenvalue weighted by Gasteiger charge is 2.20. The van der Waals surface area contributed by atoms with Crippen molar-refractivity contribution in [2.45, 2.75) is 19.9 Å². The lowest BCUT2D eigenvalue weighted by molar-refractivity contribution is -0.131. The zero-order chi connectivity index (χ0) is 20.8. The van der Waals surface area contributed by atoms with E-state index in [4.69, 9.17) is 21.1 Å². The summed E-state index contributed by atoms with van der Waals surface area (Å²) < 4.78 is 24.4. The second-order valence-electron chi connectivity index (χ2n) is 6.48. The van der Waals surface area contributed by atoms with E-state index in [1.807, 2.05) is 25.1 Å². The van der Waals surface area contributed by atoms with Gasteiger partial charge in [0.25, 0.3) is 5.91 Å². The standard InChI is InChI=1S/C21H22ClFN2O4/c1-2-25(13-14-4-3-5-18-20(14)29-11-10-28-18)19(26)8-9-24-21(27)16-7-6-15(23)12-17(16)22/h3-7,12H,2,8-11,13H2,1H3,(H,24,27). The van der Waals surface area contributed by atoms with Crippen LogP contribution in [0.15, 0.2) is 36.4 Å². The molecule has 0 radical (unpaired) electrons. The van der Waals surface area contributed by atoms with Crippen molar-refractivity contribution in [1.82, 2.24) is 10.2 Å². The van der Waals surface area contributed by atoms with E-state index in [1.165, 1.54) is 6.07 Å². The van der Waals surface area contributed by atoms with Crippen LogP contribution < -0.4 is 14.8 Å². The number of carbonyl (C=O) groups excluding carboxylic acids is 2. The van der Waals surface area contributed by atoms with E-state index in [9.17, 15) is 14.0 Å². The van der Waals surface area contributed by atoms with Gasteiger partial charge in [-0.15, -0.1) is 0 Å². The average Bonchev–Trinajstić information content (AvgIpc) is 2.71. The van der Waals surface area contributed by atoms with Crippen molar-refractivity contribution in [3.05, 3.63) is 58.4 Å². The van der Waals surface area contributed by atoms with Crippen LogP contribution in [-0.4, -0.2) is 43.0 Å². The molecule has 0 saturated carbocycles. The molecule has 0 bridgehead atoms. The second kappa shape index (κ2) is 9.60. The minimum absolute atomic E-state index is 0.0279. The summed E-state index contributed by atoms with van der Waals surface area (Å²) in [6.45, 7) is 3.92. The molecule has 6 nitrogen and oxygen atoms in total. The molecule has 1 aliphatic heterocycles. The lowest BCUT2D eigenvalue weighted by Crippen LogP contribution is -2.34. The third-order valence-corrected chi connectivity index (χ3v) is 4.86. The normalized spacial score (nSPS) is 12.4. The monoisotopic (exact) mass is 420 g/mol. The first-order valence-electron chi connectivity index (χ1n) is 9.38. The first-order chi connectivity index (χ1) is 14.0. The quantitative estimate of drug-likeness (QED) is 0.745. The van der Waals surface area contributed by atoms with Gasteiger partial charge in [0.2, 0.25) is 5.91 Å². The summed E-state index contributed by atoms with van der Waals surface area (Å²) in [7, 11) is 0. The summed E-state index contributed by atoms with van der Waals surface area (Å²) in [4.78, 5) is 26.5. The number of rotatable bonds is 7. The van der Waals surface area contributed by atoms with Crippen LogP contribution in [0.2, 0.25) is 5.02 Å². The Morgan fingerprint density at radius 3 is 2.76 bits per heavy atom. The molecule has 2 amide bonds. The van der Waals surface area contributed by atoms with Crippen LogP contribution in [0.1, 0.15) is 29.3 Å². The van der Waals surface area contributed by atoms with Gasteiger partial charge in [0.15, 0.2) is 11.5 Å². The molecule has 2 aromatic rings. The third kappa shape index (κ3) is 5.17. The van der Waals surface area contributed by atoms with Gasteiger partial charge in [-0.25, -0.2) is 4.39 Å². The van der Waals surface area contributed by atoms with Crippen LogP contribution in [0.4, 0.5) is 4.39 Å². The third-order valence-electron chi connectivity index (χ3n) is 4.54. The highest BCUT2D eigenvalue weighted by atomic mass is 35.5. The minimum atomic E-state index is -0.516. The Labute approximate surface area is 173 Å². The van der Waals surface area contributed by atoms with Crippen molar-refractivity contribution < 1.29 is 23.5 Å². The van der Waals surface area contributed by atoms with Gasteiger partial charge >= 0.3 is 0 Å². The Hall–Kier alpha value is -2.80. The minimum Gasteiger partial charge on any atom is -0.486 e. The molecule has 0 saturated heterocycles. The van der Waals surface area contributed by atoms with Crippen molar-refractivity contribution >= 4 is 23.4 Å². The highest BCUT2D eigenvalue weighted by Crippen LogP contribution is 2.34. The number of nitrogens with one attached hydrogen (secondary N) is 1. The van der Waals surface area contributed by atoms with Crippen LogP contribution in [0.3, 0.4) is 0 Å². The molecule has 0 unspecified atom stereocenters. The number of para-hydroxylation sites is 1. The number of carbonyl (C=O) groups is 2. The Morgan fingerprint density at radius 1 is 1.21 bits per heavy atom. The maximum absolute atomic E-state index is 13.1. The molecule has 0 aromatic heterocycles. The fourth-order valence-electron chi connectivity index (χ4n) is 3.05. The molecular weight excluding hydrogens is 399 g/mol. The molecular formula is C21H22ClFN2O4. The van der Waals surface area contributed by atoms with Crippen LogP contribution in [0, 0.1) is 5.82 Å². The summed E-state index contributed by atoms with van der Waals surface area (Å²) in [6, 6.07) is 9.17. The zero-order valence-corrected chi connectivity index (χ0v) is 16.8. The molecule has 8 heteroatoms. The zero-order valence-electron chi connectivity index (χ0n) is 16.0. The van der Waals surface area contributed by atoms with Crippen molar-refractivity contribution in [3.63, 3.8) is 0 Å². The summed E-state index contributed by atoms with van der Waals surface area (Å²) in [5, 5.41) is 2.67. The lowest BCUT2D eigenvalue weighted by atomic mass is 10.1. The van der Waals surface area contributed by atoms with Crippen molar-refractivity contribution in [2.75, 3.05) is 26.3 Å². The van der Waals surface area contributed by atoms with Gasteiger partial charge in [0.05, 0.1) is 10.6 Å². The molecule has 0 atom stereocenters. The average molecular weight is 421 g/mol. The van der Waals surface area contributed by atoms with Crippen molar-refractivity contribution in [2.24, 2.45) is 0 Å². The summed E-state index contributed by atoms with van der Waals surface area (Å²) in [6.07, 6.45) is 0.130. The van der Waals surface area contributed by atoms with Crippen LogP contribution in [-0.2, 0) is 11.3 Å². The number of fused-ring (bicyclic) bond motifs is 1. The van der Waals surface area contributed by atoms with E-state index in [0.717, 1.165) is 17.7 Å². The van der Waals surface area contributed by atoms with Crippen LogP contribution in [0.25, 0.3) is 0 Å². The summed E-state index contributed by atoms with van der Waals surface area (Å²) >= 11 is 5.89. The fourth-order valence-corrected chi connectivity index (χ4v) is 3.30. The number of amides is 2. The molecule has 0 aliphatic carbocycles. The predicted molar refractivity (Wildman–Crippen MR) is 107 cm³/mol. The maximum atomic E-state index is 13.1. The Kier molecular flexibility index (Phi) is 6.93. The number of benzene rings is 2. The molecule has 3 rings (SSSR count). The first-order valence-corrected chi connectivity index (χ1v) is 9.76. The molecule has 1 heterocycles. The van der Waals surface area contributed by atoms with E-state index in [-0.39, 0.29) is 29.5 Å². The van der Waals surface area contributed by atoms with Gasteiger partial charge in [-0.05, 0) is 31.2 Å². The predicted octanol–water partition coefficient (Wildman–Crippen LogP) is 3.42. The van der Waals surface area contributed by atoms with Gasteiger partial charge in [-0.3, -0.25) is 9.59 Å². The first kappa shape index (κ1) is 20.9. The Balaban J connectivity index is 1.56. The maximum Gasteiger partial charge on any atom is 0.252 e.